The number of ether oxygens (including phenoxy) is 1. The summed E-state index contributed by atoms with van der Waals surface area (Å²) in [5.41, 5.74) is 0.998. The minimum Gasteiger partial charge on any atom is -0.492 e. The molecule has 3 N–H and O–H groups in total. The minimum atomic E-state index is 0.286. The summed E-state index contributed by atoms with van der Waals surface area (Å²) in [5, 5.41) is 6.84. The molecule has 1 saturated carbocycles. The molecule has 6 nitrogen and oxygen atoms in total. The molecule has 2 unspecified atom stereocenters. The van der Waals surface area contributed by atoms with Crippen molar-refractivity contribution in [2.24, 2.45) is 0 Å². The minimum absolute atomic E-state index is 0.286. The van der Waals surface area contributed by atoms with Gasteiger partial charge < -0.3 is 20.4 Å². The van der Waals surface area contributed by atoms with Crippen molar-refractivity contribution in [1.82, 2.24) is 20.3 Å². The first-order chi connectivity index (χ1) is 10.3. The average Bonchev–Trinajstić information content (AvgIpc) is 3.03. The van der Waals surface area contributed by atoms with Crippen LogP contribution in [-0.2, 0) is 0 Å². The highest BCUT2D eigenvalue weighted by Crippen LogP contribution is 2.43. The lowest BCUT2D eigenvalue weighted by Crippen LogP contribution is -2.31. The number of anilines is 1. The van der Waals surface area contributed by atoms with Crippen molar-refractivity contribution in [2.75, 3.05) is 11.9 Å². The second kappa shape index (κ2) is 6.09. The van der Waals surface area contributed by atoms with Crippen molar-refractivity contribution in [1.29, 1.82) is 0 Å². The zero-order valence-electron chi connectivity index (χ0n) is 11.7. The normalized spacial score (nSPS) is 19.9. The predicted octanol–water partition coefficient (Wildman–Crippen LogP) is 2.05. The molecule has 0 aliphatic heterocycles. The summed E-state index contributed by atoms with van der Waals surface area (Å²) >= 11 is 5.27. The van der Waals surface area contributed by atoms with Gasteiger partial charge in [-0.15, -0.1) is 0 Å². The summed E-state index contributed by atoms with van der Waals surface area (Å²) in [7, 11) is 0. The Morgan fingerprint density at radius 2 is 2.38 bits per heavy atom. The summed E-state index contributed by atoms with van der Waals surface area (Å²) in [5.74, 6) is 1.83. The molecular formula is C14H17N5OS. The first kappa shape index (κ1) is 13.8. The molecule has 0 spiro atoms. The van der Waals surface area contributed by atoms with Gasteiger partial charge in [-0.2, -0.15) is 0 Å². The van der Waals surface area contributed by atoms with E-state index in [1.54, 1.807) is 18.6 Å². The Balaban J connectivity index is 1.58. The highest BCUT2D eigenvalue weighted by atomic mass is 32.1. The number of hydrogen-bond donors (Lipinski definition) is 3. The number of aromatic nitrogens is 3. The largest absolute Gasteiger partial charge is 0.492 e. The smallest absolute Gasteiger partial charge is 0.206 e. The Bertz CT molecular complexity index is 616. The van der Waals surface area contributed by atoms with Crippen molar-refractivity contribution in [3.63, 3.8) is 0 Å². The third-order valence-electron chi connectivity index (χ3n) is 3.29. The number of nitrogens with zero attached hydrogens (tertiary/aromatic N) is 2. The summed E-state index contributed by atoms with van der Waals surface area (Å²) in [6, 6.07) is 4.14. The maximum atomic E-state index is 5.62. The molecule has 7 heteroatoms. The van der Waals surface area contributed by atoms with Gasteiger partial charge in [0.05, 0.1) is 12.3 Å². The number of thiocarbonyl (C=S) groups is 1. The maximum Gasteiger partial charge on any atom is 0.206 e. The van der Waals surface area contributed by atoms with Gasteiger partial charge in [-0.25, -0.2) is 4.98 Å². The molecule has 1 aliphatic rings. The molecule has 1 aliphatic carbocycles. The summed E-state index contributed by atoms with van der Waals surface area (Å²) < 4.78 is 5.62. The second-order valence-electron chi connectivity index (χ2n) is 4.80. The fourth-order valence-corrected chi connectivity index (χ4v) is 2.51. The van der Waals surface area contributed by atoms with E-state index in [-0.39, 0.29) is 6.04 Å². The maximum absolute atomic E-state index is 5.62. The fourth-order valence-electron chi connectivity index (χ4n) is 2.26. The van der Waals surface area contributed by atoms with Gasteiger partial charge in [0.15, 0.2) is 5.11 Å². The Kier molecular flexibility index (Phi) is 4.01. The standard InChI is InChI=1S/C14H17N5OS/c1-2-20-11-4-3-5-15-12(11)9-8-10(9)18-14(21)19-13-16-6-7-17-13/h3-7,9-10H,2,8H2,1H3,(H3,16,17,18,19,21). The van der Waals surface area contributed by atoms with E-state index in [9.17, 15) is 0 Å². The second-order valence-corrected chi connectivity index (χ2v) is 5.21. The predicted molar refractivity (Wildman–Crippen MR) is 84.5 cm³/mol. The van der Waals surface area contributed by atoms with Crippen LogP contribution in [-0.4, -0.2) is 32.7 Å². The van der Waals surface area contributed by atoms with E-state index < -0.39 is 0 Å². The van der Waals surface area contributed by atoms with Crippen molar-refractivity contribution < 1.29 is 4.74 Å². The van der Waals surface area contributed by atoms with Crippen LogP contribution in [0.25, 0.3) is 0 Å². The van der Waals surface area contributed by atoms with Crippen molar-refractivity contribution in [2.45, 2.75) is 25.3 Å². The van der Waals surface area contributed by atoms with Gasteiger partial charge in [-0.1, -0.05) is 0 Å². The first-order valence-corrected chi connectivity index (χ1v) is 7.33. The summed E-state index contributed by atoms with van der Waals surface area (Å²) in [4.78, 5) is 11.5. The van der Waals surface area contributed by atoms with Crippen molar-refractivity contribution >= 4 is 23.3 Å². The van der Waals surface area contributed by atoms with Crippen molar-refractivity contribution in [3.05, 3.63) is 36.4 Å². The summed E-state index contributed by atoms with van der Waals surface area (Å²) in [6.45, 7) is 2.61. The van der Waals surface area contributed by atoms with Gasteiger partial charge in [-0.05, 0) is 37.7 Å². The number of pyridine rings is 1. The molecule has 1 fully saturated rings. The van der Waals surface area contributed by atoms with Crippen LogP contribution in [0.2, 0.25) is 0 Å². The van der Waals surface area contributed by atoms with E-state index in [2.05, 4.69) is 25.6 Å². The molecule has 2 aromatic heterocycles. The fraction of sp³-hybridized carbons (Fsp3) is 0.357. The van der Waals surface area contributed by atoms with E-state index in [1.165, 1.54) is 0 Å². The van der Waals surface area contributed by atoms with Crippen LogP contribution in [0, 0.1) is 0 Å². The van der Waals surface area contributed by atoms with Crippen LogP contribution >= 0.6 is 12.2 Å². The molecule has 0 saturated heterocycles. The zero-order chi connectivity index (χ0) is 14.7. The number of nitrogens with one attached hydrogen (secondary N) is 3. The Labute approximate surface area is 128 Å². The quantitative estimate of drug-likeness (QED) is 0.734. The molecule has 0 aromatic carbocycles. The molecule has 0 amide bonds. The third kappa shape index (κ3) is 3.30. The van der Waals surface area contributed by atoms with E-state index in [4.69, 9.17) is 17.0 Å². The van der Waals surface area contributed by atoms with Gasteiger partial charge >= 0.3 is 0 Å². The van der Waals surface area contributed by atoms with Crippen LogP contribution in [0.15, 0.2) is 30.7 Å². The van der Waals surface area contributed by atoms with E-state index in [0.717, 1.165) is 17.9 Å². The molecule has 2 atom stereocenters. The first-order valence-electron chi connectivity index (χ1n) is 6.92. The Morgan fingerprint density at radius 1 is 1.48 bits per heavy atom. The number of H-pyrrole nitrogens is 1. The van der Waals surface area contributed by atoms with Crippen molar-refractivity contribution in [3.8, 4) is 5.75 Å². The summed E-state index contributed by atoms with van der Waals surface area (Å²) in [6.07, 6.45) is 6.21. The molecule has 3 rings (SSSR count). The van der Waals surface area contributed by atoms with Crippen LogP contribution in [0.1, 0.15) is 25.0 Å². The van der Waals surface area contributed by atoms with Gasteiger partial charge in [0.1, 0.15) is 5.75 Å². The number of imidazole rings is 1. The zero-order valence-corrected chi connectivity index (χ0v) is 12.5. The topological polar surface area (TPSA) is 74.9 Å². The molecule has 110 valence electrons. The Hall–Kier alpha value is -2.15. The lowest BCUT2D eigenvalue weighted by molar-refractivity contribution is 0.334. The number of aromatic amines is 1. The highest BCUT2D eigenvalue weighted by Gasteiger charge is 2.41. The van der Waals surface area contributed by atoms with Gasteiger partial charge in [0.25, 0.3) is 0 Å². The third-order valence-corrected chi connectivity index (χ3v) is 3.51. The highest BCUT2D eigenvalue weighted by molar-refractivity contribution is 7.80. The lowest BCUT2D eigenvalue weighted by Gasteiger charge is -2.10. The average molecular weight is 303 g/mol. The molecule has 2 aromatic rings. The lowest BCUT2D eigenvalue weighted by atomic mass is 10.2. The van der Waals surface area contributed by atoms with E-state index in [1.807, 2.05) is 19.1 Å². The van der Waals surface area contributed by atoms with E-state index in [0.29, 0.717) is 23.6 Å². The van der Waals surface area contributed by atoms with Gasteiger partial charge in [-0.3, -0.25) is 4.98 Å². The van der Waals surface area contributed by atoms with Crippen LogP contribution in [0.3, 0.4) is 0 Å². The number of hydrogen-bond acceptors (Lipinski definition) is 4. The molecule has 21 heavy (non-hydrogen) atoms. The SMILES string of the molecule is CCOc1cccnc1C1CC1NC(=S)Nc1ncc[nH]1. The monoisotopic (exact) mass is 303 g/mol. The molecule has 2 heterocycles. The molecule has 0 bridgehead atoms. The van der Waals surface area contributed by atoms with E-state index >= 15 is 0 Å². The molecular weight excluding hydrogens is 286 g/mol. The van der Waals surface area contributed by atoms with Crippen LogP contribution in [0.5, 0.6) is 5.75 Å². The van der Waals surface area contributed by atoms with Crippen LogP contribution < -0.4 is 15.4 Å². The Morgan fingerprint density at radius 3 is 3.14 bits per heavy atom. The van der Waals surface area contributed by atoms with Gasteiger partial charge in [0, 0.05) is 30.6 Å². The van der Waals surface area contributed by atoms with Gasteiger partial charge in [0.2, 0.25) is 5.95 Å². The molecule has 0 radical (unpaired) electrons. The van der Waals surface area contributed by atoms with Crippen LogP contribution in [0.4, 0.5) is 5.95 Å². The number of rotatable bonds is 5.